The van der Waals surface area contributed by atoms with Crippen molar-refractivity contribution >= 4 is 38.8 Å². The highest BCUT2D eigenvalue weighted by Crippen LogP contribution is 2.50. The molecule has 0 bridgehead atoms. The molecule has 4 aromatic rings. The van der Waals surface area contributed by atoms with E-state index in [-0.39, 0.29) is 23.8 Å². The van der Waals surface area contributed by atoms with E-state index >= 15 is 0 Å². The van der Waals surface area contributed by atoms with Crippen LogP contribution < -0.4 is 33.0 Å². The molecule has 1 amide bonds. The Balaban J connectivity index is 1.44. The highest BCUT2D eigenvalue weighted by Gasteiger charge is 2.49. The number of thiophene rings is 1. The third-order valence-corrected chi connectivity index (χ3v) is 9.51. The average Bonchev–Trinajstić information content (AvgIpc) is 3.35. The molecule has 4 atom stereocenters. The van der Waals surface area contributed by atoms with Gasteiger partial charge in [-0.25, -0.2) is 0 Å². The molecule has 0 aliphatic heterocycles. The maximum Gasteiger partial charge on any atom is 0.262 e. The number of rotatable bonds is 5. The Labute approximate surface area is 236 Å². The third kappa shape index (κ3) is 4.17. The number of benzene rings is 3. The molecular formula is C31H33N5O3S. The predicted octanol–water partition coefficient (Wildman–Crippen LogP) is 4.37. The van der Waals surface area contributed by atoms with Crippen molar-refractivity contribution < 1.29 is 14.3 Å². The van der Waals surface area contributed by atoms with Crippen LogP contribution in [-0.4, -0.2) is 23.8 Å². The SMILES string of the molecule is Cc1cc(Oc2ccccc2)ccc1C1(N)C(=O)C(N)c2c(C(=O)N[C@@H]3CCCC[C@H]3N)sc3c(N)ccc1c23. The number of ketones is 1. The van der Waals surface area contributed by atoms with Gasteiger partial charge in [-0.15, -0.1) is 11.3 Å². The number of anilines is 1. The van der Waals surface area contributed by atoms with E-state index in [4.69, 9.17) is 27.7 Å². The van der Waals surface area contributed by atoms with Crippen molar-refractivity contribution in [2.45, 2.75) is 56.3 Å². The number of hydrogen-bond donors (Lipinski definition) is 5. The molecule has 2 unspecified atom stereocenters. The standard InChI is InChI=1S/C31H33N5O3S/c1-16-15-18(39-17-7-3-2-4-8-17)11-12-19(16)31(35)20-13-14-22(33)27-24(20)25(26(34)29(31)37)28(40-27)30(38)36-23-10-6-5-9-21(23)32/h2-4,7-8,11-15,21,23,26H,5-6,9-10,32-35H2,1H3,(H,36,38)/t21-,23-,26?,31?/m1/s1. The molecule has 1 aromatic heterocycles. The van der Waals surface area contributed by atoms with Crippen LogP contribution in [0.25, 0.3) is 10.1 Å². The molecule has 0 radical (unpaired) electrons. The summed E-state index contributed by atoms with van der Waals surface area (Å²) in [5, 5.41) is 3.78. The van der Waals surface area contributed by atoms with Gasteiger partial charge in [0.05, 0.1) is 15.6 Å². The van der Waals surface area contributed by atoms with Crippen molar-refractivity contribution in [3.05, 3.63) is 87.8 Å². The first-order valence-corrected chi connectivity index (χ1v) is 14.4. The van der Waals surface area contributed by atoms with Gasteiger partial charge in [-0.05, 0) is 66.8 Å². The summed E-state index contributed by atoms with van der Waals surface area (Å²) in [6.07, 6.45) is 3.75. The molecule has 2 aliphatic carbocycles. The molecule has 6 rings (SSSR count). The molecule has 8 nitrogen and oxygen atoms in total. The smallest absolute Gasteiger partial charge is 0.262 e. The van der Waals surface area contributed by atoms with Crippen LogP contribution in [0.3, 0.4) is 0 Å². The van der Waals surface area contributed by atoms with Crippen LogP contribution >= 0.6 is 11.3 Å². The summed E-state index contributed by atoms with van der Waals surface area (Å²) in [6, 6.07) is 17.1. The number of nitrogens with two attached hydrogens (primary N) is 4. The largest absolute Gasteiger partial charge is 0.457 e. The summed E-state index contributed by atoms with van der Waals surface area (Å²) in [5.41, 5.74) is 27.8. The van der Waals surface area contributed by atoms with Crippen LogP contribution in [0.5, 0.6) is 11.5 Å². The first kappa shape index (κ1) is 26.5. The molecule has 9 N–H and O–H groups in total. The zero-order valence-electron chi connectivity index (χ0n) is 22.3. The zero-order chi connectivity index (χ0) is 28.2. The van der Waals surface area contributed by atoms with E-state index in [1.54, 1.807) is 18.2 Å². The van der Waals surface area contributed by atoms with Crippen LogP contribution in [0.4, 0.5) is 5.69 Å². The maximum absolute atomic E-state index is 14.1. The second kappa shape index (κ2) is 10.0. The number of para-hydroxylation sites is 1. The predicted molar refractivity (Wildman–Crippen MR) is 159 cm³/mol. The fourth-order valence-corrected chi connectivity index (χ4v) is 7.37. The van der Waals surface area contributed by atoms with E-state index in [9.17, 15) is 9.59 Å². The number of nitrogens with one attached hydrogen (secondary N) is 1. The summed E-state index contributed by atoms with van der Waals surface area (Å²) < 4.78 is 6.69. The van der Waals surface area contributed by atoms with Gasteiger partial charge in [0.15, 0.2) is 5.78 Å². The topological polar surface area (TPSA) is 159 Å². The van der Waals surface area contributed by atoms with Gasteiger partial charge in [0.1, 0.15) is 17.0 Å². The molecule has 2 aliphatic rings. The second-order valence-electron chi connectivity index (χ2n) is 10.8. The molecule has 0 spiro atoms. The van der Waals surface area contributed by atoms with Crippen LogP contribution in [-0.2, 0) is 10.3 Å². The van der Waals surface area contributed by atoms with E-state index in [0.717, 1.165) is 31.2 Å². The highest BCUT2D eigenvalue weighted by atomic mass is 32.1. The lowest BCUT2D eigenvalue weighted by Gasteiger charge is -2.37. The van der Waals surface area contributed by atoms with Crippen molar-refractivity contribution in [1.29, 1.82) is 0 Å². The van der Waals surface area contributed by atoms with E-state index < -0.39 is 11.6 Å². The second-order valence-corrected chi connectivity index (χ2v) is 11.8. The lowest BCUT2D eigenvalue weighted by molar-refractivity contribution is -0.124. The molecule has 1 heterocycles. The quantitative estimate of drug-likeness (QED) is 0.229. The van der Waals surface area contributed by atoms with Crippen LogP contribution in [0, 0.1) is 6.92 Å². The number of hydrogen-bond acceptors (Lipinski definition) is 8. The Morgan fingerprint density at radius 3 is 2.45 bits per heavy atom. The molecule has 9 heteroatoms. The summed E-state index contributed by atoms with van der Waals surface area (Å²) >= 11 is 1.25. The number of carbonyl (C=O) groups is 2. The Hall–Kier alpha value is -3.76. The summed E-state index contributed by atoms with van der Waals surface area (Å²) in [7, 11) is 0. The van der Waals surface area contributed by atoms with Crippen molar-refractivity contribution in [2.75, 3.05) is 5.73 Å². The number of nitrogen functional groups attached to an aromatic ring is 1. The molecule has 1 saturated carbocycles. The van der Waals surface area contributed by atoms with Crippen LogP contribution in [0.2, 0.25) is 0 Å². The van der Waals surface area contributed by atoms with Gasteiger partial charge in [0, 0.05) is 28.7 Å². The molecule has 206 valence electrons. The molecule has 40 heavy (non-hydrogen) atoms. The lowest BCUT2D eigenvalue weighted by Crippen LogP contribution is -2.53. The Morgan fingerprint density at radius 1 is 1.00 bits per heavy atom. The number of Topliss-reactive ketones (excluding diaryl/α,β-unsaturated/α-hetero) is 1. The van der Waals surface area contributed by atoms with Crippen molar-refractivity contribution in [3.8, 4) is 11.5 Å². The van der Waals surface area contributed by atoms with E-state index in [0.29, 0.717) is 48.8 Å². The van der Waals surface area contributed by atoms with Crippen LogP contribution in [0.1, 0.15) is 63.7 Å². The van der Waals surface area contributed by atoms with Gasteiger partial charge < -0.3 is 33.0 Å². The molecule has 3 aromatic carbocycles. The fourth-order valence-electron chi connectivity index (χ4n) is 6.17. The Morgan fingerprint density at radius 2 is 1.73 bits per heavy atom. The van der Waals surface area contributed by atoms with Gasteiger partial charge in [0.2, 0.25) is 0 Å². The van der Waals surface area contributed by atoms with Gasteiger partial charge in [0.25, 0.3) is 5.91 Å². The number of amides is 1. The first-order chi connectivity index (χ1) is 19.2. The fraction of sp³-hybridized carbons (Fsp3) is 0.290. The van der Waals surface area contributed by atoms with Crippen LogP contribution in [0.15, 0.2) is 60.7 Å². The van der Waals surface area contributed by atoms with Crippen molar-refractivity contribution in [3.63, 3.8) is 0 Å². The normalized spacial score (nSPS) is 24.2. The Bertz CT molecular complexity index is 1640. The summed E-state index contributed by atoms with van der Waals surface area (Å²) in [6.45, 7) is 1.89. The minimum atomic E-state index is -1.53. The Kier molecular flexibility index (Phi) is 6.62. The van der Waals surface area contributed by atoms with Gasteiger partial charge in [-0.3, -0.25) is 9.59 Å². The highest BCUT2D eigenvalue weighted by molar-refractivity contribution is 7.21. The van der Waals surface area contributed by atoms with Gasteiger partial charge in [-0.2, -0.15) is 0 Å². The van der Waals surface area contributed by atoms with Crippen molar-refractivity contribution in [2.24, 2.45) is 17.2 Å². The zero-order valence-corrected chi connectivity index (χ0v) is 23.1. The monoisotopic (exact) mass is 555 g/mol. The van der Waals surface area contributed by atoms with E-state index in [1.807, 2.05) is 49.4 Å². The lowest BCUT2D eigenvalue weighted by atomic mass is 9.69. The van der Waals surface area contributed by atoms with E-state index in [1.165, 1.54) is 11.3 Å². The van der Waals surface area contributed by atoms with Gasteiger partial charge in [-0.1, -0.05) is 43.2 Å². The third-order valence-electron chi connectivity index (χ3n) is 8.26. The minimum absolute atomic E-state index is 0.104. The summed E-state index contributed by atoms with van der Waals surface area (Å²) in [4.78, 5) is 28.1. The molecule has 1 fully saturated rings. The molecular weight excluding hydrogens is 522 g/mol. The van der Waals surface area contributed by atoms with Gasteiger partial charge >= 0.3 is 0 Å². The average molecular weight is 556 g/mol. The number of aryl methyl sites for hydroxylation is 1. The van der Waals surface area contributed by atoms with E-state index in [2.05, 4.69) is 5.32 Å². The number of ether oxygens (including phenoxy) is 1. The minimum Gasteiger partial charge on any atom is -0.457 e. The molecule has 0 saturated heterocycles. The summed E-state index contributed by atoms with van der Waals surface area (Å²) in [5.74, 6) is 0.668. The van der Waals surface area contributed by atoms with Crippen molar-refractivity contribution in [1.82, 2.24) is 5.32 Å². The first-order valence-electron chi connectivity index (χ1n) is 13.5. The number of carbonyl (C=O) groups excluding carboxylic acids is 2. The maximum atomic E-state index is 14.1.